The van der Waals surface area contributed by atoms with Crippen molar-refractivity contribution in [3.8, 4) is 0 Å². The van der Waals surface area contributed by atoms with Crippen molar-refractivity contribution in [2.24, 2.45) is 0 Å². The number of halogens is 3. The molecular weight excluding hydrogens is 397 g/mol. The van der Waals surface area contributed by atoms with Crippen LogP contribution < -0.4 is 14.8 Å². The fraction of sp³-hybridized carbons (Fsp3) is 0.136. The minimum Gasteiger partial charge on any atom is -0.342 e. The number of aryl methyl sites for hydroxylation is 1. The highest BCUT2D eigenvalue weighted by molar-refractivity contribution is 7.07. The van der Waals surface area contributed by atoms with Crippen LogP contribution in [0.3, 0.4) is 0 Å². The number of thiazole rings is 1. The number of H-pyrrole nitrogens is 1. The maximum absolute atomic E-state index is 13.2. The molecule has 0 amide bonds. The number of para-hydroxylation sites is 1. The number of rotatable bonds is 3. The lowest BCUT2D eigenvalue weighted by Gasteiger charge is -2.12. The zero-order chi connectivity index (χ0) is 20.8. The van der Waals surface area contributed by atoms with Crippen LogP contribution in [0.1, 0.15) is 22.3 Å². The third-order valence-electron chi connectivity index (χ3n) is 4.63. The van der Waals surface area contributed by atoms with Crippen LogP contribution in [0.2, 0.25) is 0 Å². The molecule has 4 rings (SSSR count). The maximum atomic E-state index is 13.2. The molecule has 0 bridgehead atoms. The minimum absolute atomic E-state index is 0.203. The molecular formula is C22H17F3N2OS. The van der Waals surface area contributed by atoms with E-state index in [1.807, 2.05) is 35.0 Å². The van der Waals surface area contributed by atoms with Gasteiger partial charge < -0.3 is 9.55 Å². The van der Waals surface area contributed by atoms with Crippen LogP contribution in [0.4, 0.5) is 13.2 Å². The van der Waals surface area contributed by atoms with Crippen molar-refractivity contribution in [3.63, 3.8) is 0 Å². The van der Waals surface area contributed by atoms with E-state index in [1.165, 1.54) is 17.4 Å². The van der Waals surface area contributed by atoms with E-state index in [-0.39, 0.29) is 5.56 Å². The van der Waals surface area contributed by atoms with Crippen molar-refractivity contribution in [2.75, 3.05) is 0 Å². The molecule has 0 aliphatic carbocycles. The summed E-state index contributed by atoms with van der Waals surface area (Å²) in [5, 5.41) is 0.926. The number of alkyl halides is 3. The number of aromatic amines is 1. The molecule has 4 aromatic rings. The van der Waals surface area contributed by atoms with E-state index in [1.54, 1.807) is 19.1 Å². The summed E-state index contributed by atoms with van der Waals surface area (Å²) in [7, 11) is 0. The largest absolute Gasteiger partial charge is 0.416 e. The highest BCUT2D eigenvalue weighted by Crippen LogP contribution is 2.31. The highest BCUT2D eigenvalue weighted by atomic mass is 32.1. The number of aromatic nitrogens is 2. The predicted octanol–water partition coefficient (Wildman–Crippen LogP) is 4.01. The smallest absolute Gasteiger partial charge is 0.342 e. The van der Waals surface area contributed by atoms with Crippen molar-refractivity contribution >= 4 is 34.9 Å². The van der Waals surface area contributed by atoms with Crippen LogP contribution in [0.15, 0.2) is 53.5 Å². The molecule has 0 unspecified atom stereocenters. The van der Waals surface area contributed by atoms with Gasteiger partial charge in [-0.2, -0.15) is 13.2 Å². The van der Waals surface area contributed by atoms with Crippen molar-refractivity contribution in [2.45, 2.75) is 19.6 Å². The van der Waals surface area contributed by atoms with E-state index >= 15 is 0 Å². The van der Waals surface area contributed by atoms with Crippen molar-refractivity contribution < 1.29 is 13.2 Å². The Hall–Kier alpha value is -3.06. The van der Waals surface area contributed by atoms with E-state index < -0.39 is 11.7 Å². The molecule has 2 aromatic carbocycles. The second kappa shape index (κ2) is 7.08. The lowest BCUT2D eigenvalue weighted by atomic mass is 10.1. The number of benzene rings is 2. The van der Waals surface area contributed by atoms with Crippen LogP contribution >= 0.6 is 11.3 Å². The van der Waals surface area contributed by atoms with Crippen LogP contribution in [-0.2, 0) is 12.7 Å². The van der Waals surface area contributed by atoms with Gasteiger partial charge in [-0.15, -0.1) is 11.3 Å². The SMILES string of the molecule is C=c1[nH]c(=O)/c(=C/c2cn(Cc3cc(C)cc(C(F)(F)F)c3)c3ccccc23)s1. The van der Waals surface area contributed by atoms with Gasteiger partial charge in [0.15, 0.2) is 0 Å². The lowest BCUT2D eigenvalue weighted by molar-refractivity contribution is -0.137. The average molecular weight is 414 g/mol. The van der Waals surface area contributed by atoms with Gasteiger partial charge in [-0.25, -0.2) is 0 Å². The van der Waals surface area contributed by atoms with E-state index in [0.717, 1.165) is 22.5 Å². The summed E-state index contributed by atoms with van der Waals surface area (Å²) >= 11 is 1.27. The third-order valence-corrected chi connectivity index (χ3v) is 5.50. The maximum Gasteiger partial charge on any atom is 0.416 e. The number of nitrogens with zero attached hydrogens (tertiary/aromatic N) is 1. The quantitative estimate of drug-likeness (QED) is 0.541. The van der Waals surface area contributed by atoms with Gasteiger partial charge in [0.05, 0.1) is 14.8 Å². The topological polar surface area (TPSA) is 37.8 Å². The molecule has 1 N–H and O–H groups in total. The first-order chi connectivity index (χ1) is 13.7. The monoisotopic (exact) mass is 414 g/mol. The van der Waals surface area contributed by atoms with Gasteiger partial charge in [-0.05, 0) is 36.8 Å². The van der Waals surface area contributed by atoms with Crippen LogP contribution in [0, 0.1) is 6.92 Å². The summed E-state index contributed by atoms with van der Waals surface area (Å²) in [6.07, 6.45) is -0.735. The number of hydrogen-bond donors (Lipinski definition) is 1. The molecule has 0 aliphatic rings. The molecule has 0 spiro atoms. The van der Waals surface area contributed by atoms with Gasteiger partial charge in [0.1, 0.15) is 0 Å². The minimum atomic E-state index is -4.38. The summed E-state index contributed by atoms with van der Waals surface area (Å²) in [6.45, 7) is 5.70. The number of nitrogens with one attached hydrogen (secondary N) is 1. The lowest BCUT2D eigenvalue weighted by Crippen LogP contribution is -2.19. The standard InChI is InChI=1S/C22H17F3N2OS/c1-13-7-15(9-17(8-13)22(23,24)25)11-27-12-16(18-5-3-4-6-19(18)27)10-20-21(28)26-14(2)29-20/h3-10,12H,2,11H2,1H3,(H,26,28)/b20-10-. The normalized spacial score (nSPS) is 12.8. The highest BCUT2D eigenvalue weighted by Gasteiger charge is 2.30. The Labute approximate surface area is 168 Å². The van der Waals surface area contributed by atoms with Crippen LogP contribution in [0.5, 0.6) is 0 Å². The summed E-state index contributed by atoms with van der Waals surface area (Å²) in [4.78, 5) is 14.7. The number of fused-ring (bicyclic) bond motifs is 1. The van der Waals surface area contributed by atoms with Crippen molar-refractivity contribution in [3.05, 3.63) is 90.5 Å². The molecule has 0 aliphatic heterocycles. The first kappa shape index (κ1) is 19.3. The molecule has 7 heteroatoms. The Bertz CT molecular complexity index is 1380. The van der Waals surface area contributed by atoms with E-state index in [0.29, 0.717) is 26.9 Å². The van der Waals surface area contributed by atoms with Gasteiger partial charge in [0, 0.05) is 29.2 Å². The van der Waals surface area contributed by atoms with Gasteiger partial charge in [0.25, 0.3) is 5.56 Å². The van der Waals surface area contributed by atoms with E-state index in [2.05, 4.69) is 11.6 Å². The molecule has 29 heavy (non-hydrogen) atoms. The number of hydrogen-bond acceptors (Lipinski definition) is 2. The summed E-state index contributed by atoms with van der Waals surface area (Å²) in [5.41, 5.74) is 1.99. The summed E-state index contributed by atoms with van der Waals surface area (Å²) < 4.78 is 42.5. The molecule has 0 fully saturated rings. The van der Waals surface area contributed by atoms with E-state index in [4.69, 9.17) is 0 Å². The zero-order valence-corrected chi connectivity index (χ0v) is 16.3. The Morgan fingerprint density at radius 2 is 1.97 bits per heavy atom. The predicted molar refractivity (Wildman–Crippen MR) is 110 cm³/mol. The van der Waals surface area contributed by atoms with Crippen LogP contribution in [-0.4, -0.2) is 9.55 Å². The van der Waals surface area contributed by atoms with Gasteiger partial charge in [0.2, 0.25) is 0 Å². The molecule has 0 saturated heterocycles. The Balaban J connectivity index is 1.83. The van der Waals surface area contributed by atoms with Crippen LogP contribution in [0.25, 0.3) is 23.6 Å². The third kappa shape index (κ3) is 3.91. The molecule has 0 atom stereocenters. The van der Waals surface area contributed by atoms with Gasteiger partial charge in [-0.3, -0.25) is 4.79 Å². The Morgan fingerprint density at radius 3 is 2.66 bits per heavy atom. The van der Waals surface area contributed by atoms with Gasteiger partial charge >= 0.3 is 6.18 Å². The zero-order valence-electron chi connectivity index (χ0n) is 15.5. The fourth-order valence-corrected chi connectivity index (χ4v) is 4.20. The Morgan fingerprint density at radius 1 is 1.21 bits per heavy atom. The van der Waals surface area contributed by atoms with Crippen molar-refractivity contribution in [1.29, 1.82) is 0 Å². The second-order valence-corrected chi connectivity index (χ2v) is 8.06. The average Bonchev–Trinajstić information content (AvgIpc) is 3.14. The fourth-order valence-electron chi connectivity index (χ4n) is 3.46. The molecule has 0 saturated carbocycles. The molecule has 2 heterocycles. The first-order valence-electron chi connectivity index (χ1n) is 8.86. The Kier molecular flexibility index (Phi) is 4.70. The second-order valence-electron chi connectivity index (χ2n) is 6.92. The van der Waals surface area contributed by atoms with Crippen molar-refractivity contribution in [1.82, 2.24) is 9.55 Å². The molecule has 3 nitrogen and oxygen atoms in total. The first-order valence-corrected chi connectivity index (χ1v) is 9.68. The van der Waals surface area contributed by atoms with E-state index in [9.17, 15) is 18.0 Å². The summed E-state index contributed by atoms with van der Waals surface area (Å²) in [5.74, 6) is 0. The van der Waals surface area contributed by atoms with Gasteiger partial charge in [-0.1, -0.05) is 36.4 Å². The molecule has 2 aromatic heterocycles. The summed E-state index contributed by atoms with van der Waals surface area (Å²) in [6, 6.07) is 11.7. The molecule has 148 valence electrons. The molecule has 0 radical (unpaired) electrons.